The highest BCUT2D eigenvalue weighted by molar-refractivity contribution is 7.81. The normalized spacial score (nSPS) is 7.30. The van der Waals surface area contributed by atoms with Crippen LogP contribution >= 0.6 is 12.6 Å². The maximum atomic E-state index is 10.1. The van der Waals surface area contributed by atoms with Gasteiger partial charge in [0.1, 0.15) is 0 Å². The zero-order valence-corrected chi connectivity index (χ0v) is 6.06. The zero-order valence-electron chi connectivity index (χ0n) is 5.16. The molecular formula is C3H9N3O3S. The Bertz CT molecular complexity index is 128. The molecule has 2 amide bonds. The molecule has 0 atom stereocenters. The van der Waals surface area contributed by atoms with Crippen molar-refractivity contribution in [1.82, 2.24) is 11.6 Å². The summed E-state index contributed by atoms with van der Waals surface area (Å²) < 4.78 is 0. The van der Waals surface area contributed by atoms with Crippen LogP contribution in [0.3, 0.4) is 0 Å². The van der Waals surface area contributed by atoms with E-state index in [0.29, 0.717) is 0 Å². The molecule has 60 valence electrons. The summed E-state index contributed by atoms with van der Waals surface area (Å²) in [6.07, 6.45) is 0. The molecule has 0 rings (SSSR count). The fraction of sp³-hybridized carbons (Fsp3) is 0.333. The molecule has 0 aliphatic heterocycles. The molecule has 0 aliphatic rings. The first kappa shape index (κ1) is 11.8. The van der Waals surface area contributed by atoms with Crippen LogP contribution in [0.15, 0.2) is 0 Å². The molecule has 0 fully saturated rings. The van der Waals surface area contributed by atoms with E-state index in [-0.39, 0.29) is 11.9 Å². The number of thiol groups is 1. The molecule has 0 bridgehead atoms. The summed E-state index contributed by atoms with van der Waals surface area (Å²) in [5, 5.41) is 0. The Hall–Kier alpha value is -0.950. The van der Waals surface area contributed by atoms with E-state index in [4.69, 9.17) is 0 Å². The topological polar surface area (TPSA) is 116 Å². The van der Waals surface area contributed by atoms with Crippen molar-refractivity contribution >= 4 is 24.6 Å². The van der Waals surface area contributed by atoms with Gasteiger partial charge in [-0.2, -0.15) is 18.1 Å². The van der Waals surface area contributed by atoms with Crippen LogP contribution < -0.4 is 17.4 Å². The third-order valence-corrected chi connectivity index (χ3v) is 0.653. The highest BCUT2D eigenvalue weighted by atomic mass is 32.1. The van der Waals surface area contributed by atoms with E-state index in [1.807, 2.05) is 0 Å². The second-order valence-electron chi connectivity index (χ2n) is 1.10. The van der Waals surface area contributed by atoms with Gasteiger partial charge < -0.3 is 16.7 Å². The van der Waals surface area contributed by atoms with Crippen LogP contribution in [0.25, 0.3) is 0 Å². The van der Waals surface area contributed by atoms with Gasteiger partial charge in [-0.05, 0) is 0 Å². The standard InChI is InChI=1S/C3H6N2O3S.H3N/c4-3(7)5-8-2(6)1-9;/h9H,1H2,(H3,4,5,7);1H3. The van der Waals surface area contributed by atoms with E-state index >= 15 is 0 Å². The molecule has 0 radical (unpaired) electrons. The first-order chi connectivity index (χ1) is 4.16. The Balaban J connectivity index is 0. The number of nitrogens with one attached hydrogen (secondary N) is 1. The summed E-state index contributed by atoms with van der Waals surface area (Å²) in [6.45, 7) is 0. The molecule has 0 unspecified atom stereocenters. The molecule has 0 spiro atoms. The first-order valence-corrected chi connectivity index (χ1v) is 2.66. The van der Waals surface area contributed by atoms with Gasteiger partial charge in [0.2, 0.25) is 0 Å². The number of hydroxylamine groups is 1. The van der Waals surface area contributed by atoms with Crippen LogP contribution in [0.1, 0.15) is 0 Å². The van der Waals surface area contributed by atoms with Gasteiger partial charge >= 0.3 is 12.0 Å². The van der Waals surface area contributed by atoms with Crippen molar-refractivity contribution in [3.63, 3.8) is 0 Å². The number of amides is 2. The van der Waals surface area contributed by atoms with Crippen LogP contribution in [0.4, 0.5) is 4.79 Å². The minimum Gasteiger partial charge on any atom is -0.349 e. The number of rotatable bonds is 1. The summed E-state index contributed by atoms with van der Waals surface area (Å²) in [6, 6.07) is -0.912. The van der Waals surface area contributed by atoms with Gasteiger partial charge in [0.25, 0.3) is 0 Å². The van der Waals surface area contributed by atoms with Crippen LogP contribution in [0.2, 0.25) is 0 Å². The molecule has 6 N–H and O–H groups in total. The summed E-state index contributed by atoms with van der Waals surface area (Å²) >= 11 is 3.55. The van der Waals surface area contributed by atoms with Gasteiger partial charge in [-0.1, -0.05) is 0 Å². The number of carbonyl (C=O) groups excluding carboxylic acids is 2. The minimum atomic E-state index is -0.912. The molecular weight excluding hydrogens is 158 g/mol. The number of primary amides is 1. The van der Waals surface area contributed by atoms with E-state index in [2.05, 4.69) is 23.2 Å². The van der Waals surface area contributed by atoms with Crippen molar-refractivity contribution in [3.8, 4) is 0 Å². The lowest BCUT2D eigenvalue weighted by molar-refractivity contribution is -0.145. The molecule has 10 heavy (non-hydrogen) atoms. The van der Waals surface area contributed by atoms with Crippen LogP contribution in [-0.2, 0) is 9.63 Å². The Morgan fingerprint density at radius 2 is 2.10 bits per heavy atom. The first-order valence-electron chi connectivity index (χ1n) is 2.02. The Morgan fingerprint density at radius 1 is 1.60 bits per heavy atom. The van der Waals surface area contributed by atoms with Crippen molar-refractivity contribution in [1.29, 1.82) is 0 Å². The van der Waals surface area contributed by atoms with E-state index < -0.39 is 12.0 Å². The Labute approximate surface area is 63.0 Å². The van der Waals surface area contributed by atoms with Gasteiger partial charge in [-0.3, -0.25) is 0 Å². The number of hydrogen-bond donors (Lipinski definition) is 4. The Kier molecular flexibility index (Phi) is 7.29. The van der Waals surface area contributed by atoms with Crippen molar-refractivity contribution in [2.24, 2.45) is 5.73 Å². The fourth-order valence-corrected chi connectivity index (χ4v) is 0.204. The molecule has 7 heteroatoms. The van der Waals surface area contributed by atoms with Crippen LogP contribution in [0.5, 0.6) is 0 Å². The lowest BCUT2D eigenvalue weighted by atomic mass is 10.8. The van der Waals surface area contributed by atoms with Gasteiger partial charge in [0.15, 0.2) is 0 Å². The fourth-order valence-electron chi connectivity index (χ4n) is 0.139. The van der Waals surface area contributed by atoms with Crippen LogP contribution in [0, 0.1) is 0 Å². The van der Waals surface area contributed by atoms with E-state index in [0.717, 1.165) is 0 Å². The van der Waals surface area contributed by atoms with E-state index in [9.17, 15) is 9.59 Å². The van der Waals surface area contributed by atoms with Crippen molar-refractivity contribution in [3.05, 3.63) is 0 Å². The predicted molar refractivity (Wildman–Crippen MR) is 37.7 cm³/mol. The maximum Gasteiger partial charge on any atom is 0.345 e. The highest BCUT2D eigenvalue weighted by Crippen LogP contribution is 1.76. The molecule has 0 aliphatic carbocycles. The van der Waals surface area contributed by atoms with Gasteiger partial charge in [-0.25, -0.2) is 9.59 Å². The van der Waals surface area contributed by atoms with Gasteiger partial charge in [-0.15, -0.1) is 0 Å². The zero-order chi connectivity index (χ0) is 7.28. The van der Waals surface area contributed by atoms with E-state index in [1.165, 1.54) is 0 Å². The molecule has 0 aromatic heterocycles. The van der Waals surface area contributed by atoms with Crippen molar-refractivity contribution in [2.45, 2.75) is 0 Å². The molecule has 0 aromatic rings. The third kappa shape index (κ3) is 7.05. The average molecular weight is 167 g/mol. The monoisotopic (exact) mass is 167 g/mol. The largest absolute Gasteiger partial charge is 0.349 e. The average Bonchev–Trinajstić information content (AvgIpc) is 1.83. The molecule has 6 nitrogen and oxygen atoms in total. The summed E-state index contributed by atoms with van der Waals surface area (Å²) in [7, 11) is 0. The molecule has 0 saturated heterocycles. The molecule has 0 heterocycles. The van der Waals surface area contributed by atoms with E-state index in [1.54, 1.807) is 5.48 Å². The smallest absolute Gasteiger partial charge is 0.345 e. The minimum absolute atomic E-state index is 0. The second kappa shape index (κ2) is 6.17. The molecule has 0 saturated carbocycles. The Morgan fingerprint density at radius 3 is 2.40 bits per heavy atom. The number of hydrogen-bond acceptors (Lipinski definition) is 5. The number of carbonyl (C=O) groups is 2. The highest BCUT2D eigenvalue weighted by Gasteiger charge is 1.98. The SMILES string of the molecule is N.NC(=O)NOC(=O)CS. The van der Waals surface area contributed by atoms with Crippen molar-refractivity contribution in [2.75, 3.05) is 5.75 Å². The summed E-state index contributed by atoms with van der Waals surface area (Å²) in [4.78, 5) is 24.0. The number of nitrogens with two attached hydrogens (primary N) is 1. The van der Waals surface area contributed by atoms with Gasteiger partial charge in [0.05, 0.1) is 5.75 Å². The maximum absolute atomic E-state index is 10.1. The lowest BCUT2D eigenvalue weighted by Crippen LogP contribution is -2.32. The third-order valence-electron chi connectivity index (χ3n) is 0.395. The van der Waals surface area contributed by atoms with Crippen molar-refractivity contribution < 1.29 is 14.4 Å². The van der Waals surface area contributed by atoms with Gasteiger partial charge in [0, 0.05) is 0 Å². The number of urea groups is 1. The second-order valence-corrected chi connectivity index (χ2v) is 1.41. The molecule has 0 aromatic carbocycles. The summed E-state index contributed by atoms with van der Waals surface area (Å²) in [5.41, 5.74) is 6.18. The predicted octanol–water partition coefficient (Wildman–Crippen LogP) is -0.795. The lowest BCUT2D eigenvalue weighted by Gasteiger charge is -1.97. The quantitative estimate of drug-likeness (QED) is 0.302. The van der Waals surface area contributed by atoms with Crippen LogP contribution in [-0.4, -0.2) is 17.8 Å². The summed E-state index contributed by atoms with van der Waals surface area (Å²) in [5.74, 6) is -0.752.